The van der Waals surface area contributed by atoms with E-state index >= 15 is 0 Å². The smallest absolute Gasteiger partial charge is 0.137 e. The number of aromatic nitrogens is 2. The predicted octanol–water partition coefficient (Wildman–Crippen LogP) is 2.06. The van der Waals surface area contributed by atoms with Crippen molar-refractivity contribution in [3.05, 3.63) is 30.1 Å². The summed E-state index contributed by atoms with van der Waals surface area (Å²) in [6.07, 6.45) is 1.80. The van der Waals surface area contributed by atoms with E-state index in [-0.39, 0.29) is 0 Å². The highest BCUT2D eigenvalue weighted by molar-refractivity contribution is 8.14. The SMILES string of the molecule is c1cnc2[nH]c(C3=NCCS3)cc2c1. The number of pyridine rings is 1. The van der Waals surface area contributed by atoms with Crippen molar-refractivity contribution in [2.45, 2.75) is 0 Å². The van der Waals surface area contributed by atoms with Gasteiger partial charge in [0.25, 0.3) is 0 Å². The molecule has 14 heavy (non-hydrogen) atoms. The van der Waals surface area contributed by atoms with Gasteiger partial charge < -0.3 is 4.98 Å². The Hall–Kier alpha value is -1.29. The molecule has 1 aliphatic heterocycles. The molecule has 70 valence electrons. The number of hydrogen-bond donors (Lipinski definition) is 1. The average Bonchev–Trinajstić information content (AvgIpc) is 2.86. The molecule has 0 unspecified atom stereocenters. The number of rotatable bonds is 1. The van der Waals surface area contributed by atoms with E-state index in [0.29, 0.717) is 0 Å². The number of H-pyrrole nitrogens is 1. The quantitative estimate of drug-likeness (QED) is 0.770. The highest BCUT2D eigenvalue weighted by Gasteiger charge is 2.12. The van der Waals surface area contributed by atoms with Gasteiger partial charge in [-0.1, -0.05) is 0 Å². The number of thioether (sulfide) groups is 1. The first-order valence-electron chi connectivity index (χ1n) is 4.55. The van der Waals surface area contributed by atoms with Gasteiger partial charge in [0.2, 0.25) is 0 Å². The molecule has 0 atom stereocenters. The van der Waals surface area contributed by atoms with E-state index in [0.717, 1.165) is 34.1 Å². The second kappa shape index (κ2) is 3.13. The molecule has 3 heterocycles. The van der Waals surface area contributed by atoms with Crippen LogP contribution in [-0.4, -0.2) is 27.3 Å². The number of nitrogens with one attached hydrogen (secondary N) is 1. The van der Waals surface area contributed by atoms with Crippen molar-refractivity contribution in [3.63, 3.8) is 0 Å². The Morgan fingerprint density at radius 3 is 3.21 bits per heavy atom. The van der Waals surface area contributed by atoms with Crippen molar-refractivity contribution in [3.8, 4) is 0 Å². The predicted molar refractivity (Wildman–Crippen MR) is 60.0 cm³/mol. The standard InChI is InChI=1S/C10H9N3S/c1-2-7-6-8(10-12-4-5-14-10)13-9(7)11-3-1/h1-3,6H,4-5H2,(H,11,13). The van der Waals surface area contributed by atoms with Crippen LogP contribution in [0.2, 0.25) is 0 Å². The zero-order chi connectivity index (χ0) is 9.38. The Kier molecular flexibility index (Phi) is 1.80. The van der Waals surface area contributed by atoms with Crippen molar-refractivity contribution < 1.29 is 0 Å². The van der Waals surface area contributed by atoms with Crippen LogP contribution in [0, 0.1) is 0 Å². The van der Waals surface area contributed by atoms with Crippen molar-refractivity contribution in [2.75, 3.05) is 12.3 Å². The van der Waals surface area contributed by atoms with Gasteiger partial charge in [-0.05, 0) is 18.2 Å². The molecule has 0 radical (unpaired) electrons. The highest BCUT2D eigenvalue weighted by Crippen LogP contribution is 2.21. The van der Waals surface area contributed by atoms with Crippen molar-refractivity contribution >= 4 is 27.8 Å². The summed E-state index contributed by atoms with van der Waals surface area (Å²) >= 11 is 1.80. The van der Waals surface area contributed by atoms with Gasteiger partial charge in [-0.15, -0.1) is 11.8 Å². The second-order valence-corrected chi connectivity index (χ2v) is 4.24. The summed E-state index contributed by atoms with van der Waals surface area (Å²) in [5.74, 6) is 1.10. The fourth-order valence-corrected chi connectivity index (χ4v) is 2.40. The van der Waals surface area contributed by atoms with E-state index in [9.17, 15) is 0 Å². The Morgan fingerprint density at radius 1 is 1.43 bits per heavy atom. The molecule has 1 N–H and O–H groups in total. The molecule has 0 amide bonds. The van der Waals surface area contributed by atoms with E-state index in [1.165, 1.54) is 0 Å². The zero-order valence-electron chi connectivity index (χ0n) is 7.53. The van der Waals surface area contributed by atoms with Gasteiger partial charge >= 0.3 is 0 Å². The van der Waals surface area contributed by atoms with E-state index in [4.69, 9.17) is 0 Å². The fraction of sp³-hybridized carbons (Fsp3) is 0.200. The molecule has 1 aliphatic rings. The summed E-state index contributed by atoms with van der Waals surface area (Å²) in [6, 6.07) is 6.12. The van der Waals surface area contributed by atoms with Crippen molar-refractivity contribution in [2.24, 2.45) is 4.99 Å². The Labute approximate surface area is 85.6 Å². The van der Waals surface area contributed by atoms with Gasteiger partial charge in [0.1, 0.15) is 10.7 Å². The maximum absolute atomic E-state index is 4.42. The first kappa shape index (κ1) is 8.05. The molecule has 0 bridgehead atoms. The van der Waals surface area contributed by atoms with Crippen LogP contribution < -0.4 is 0 Å². The summed E-state index contributed by atoms with van der Waals surface area (Å²) in [5.41, 5.74) is 2.04. The lowest BCUT2D eigenvalue weighted by molar-refractivity contribution is 1.17. The van der Waals surface area contributed by atoms with Crippen molar-refractivity contribution in [1.82, 2.24) is 9.97 Å². The average molecular weight is 203 g/mol. The van der Waals surface area contributed by atoms with E-state index in [1.807, 2.05) is 6.07 Å². The maximum atomic E-state index is 4.42. The van der Waals surface area contributed by atoms with Gasteiger partial charge in [0.05, 0.1) is 5.69 Å². The number of hydrogen-bond acceptors (Lipinski definition) is 3. The molecule has 4 heteroatoms. The molecular formula is C10H9N3S. The lowest BCUT2D eigenvalue weighted by Crippen LogP contribution is -1.90. The topological polar surface area (TPSA) is 41.0 Å². The van der Waals surface area contributed by atoms with Gasteiger partial charge in [0, 0.05) is 23.9 Å². The van der Waals surface area contributed by atoms with Crippen molar-refractivity contribution in [1.29, 1.82) is 0 Å². The van der Waals surface area contributed by atoms with E-state index in [2.05, 4.69) is 27.1 Å². The molecule has 0 aromatic carbocycles. The van der Waals surface area contributed by atoms with Crippen LogP contribution >= 0.6 is 11.8 Å². The second-order valence-electron chi connectivity index (χ2n) is 3.16. The number of aromatic amines is 1. The molecule has 0 saturated heterocycles. The first-order chi connectivity index (χ1) is 6.93. The Balaban J connectivity index is 2.14. The summed E-state index contributed by atoms with van der Waals surface area (Å²) in [7, 11) is 0. The van der Waals surface area contributed by atoms with Gasteiger partial charge in [-0.2, -0.15) is 0 Å². The molecule has 2 aromatic rings. The monoisotopic (exact) mass is 203 g/mol. The van der Waals surface area contributed by atoms with Crippen LogP contribution in [0.4, 0.5) is 0 Å². The Bertz CT molecular complexity index is 468. The van der Waals surface area contributed by atoms with Gasteiger partial charge in [-0.25, -0.2) is 4.98 Å². The molecular weight excluding hydrogens is 194 g/mol. The number of nitrogens with zero attached hydrogens (tertiary/aromatic N) is 2. The maximum Gasteiger partial charge on any atom is 0.137 e. The third-order valence-electron chi connectivity index (χ3n) is 2.21. The van der Waals surface area contributed by atoms with E-state index in [1.54, 1.807) is 18.0 Å². The number of aliphatic imine (C=N–C) groups is 1. The molecule has 0 spiro atoms. The van der Waals surface area contributed by atoms with Crippen LogP contribution in [0.5, 0.6) is 0 Å². The molecule has 3 nitrogen and oxygen atoms in total. The molecule has 2 aromatic heterocycles. The van der Waals surface area contributed by atoms with Crippen LogP contribution in [0.15, 0.2) is 29.4 Å². The normalized spacial score (nSPS) is 16.1. The van der Waals surface area contributed by atoms with Crippen LogP contribution in [0.25, 0.3) is 11.0 Å². The largest absolute Gasteiger partial charge is 0.338 e. The van der Waals surface area contributed by atoms with Crippen LogP contribution in [0.1, 0.15) is 5.69 Å². The van der Waals surface area contributed by atoms with Crippen LogP contribution in [-0.2, 0) is 0 Å². The zero-order valence-corrected chi connectivity index (χ0v) is 8.34. The molecule has 0 aliphatic carbocycles. The minimum atomic E-state index is 0.933. The molecule has 0 saturated carbocycles. The number of fused-ring (bicyclic) bond motifs is 1. The Morgan fingerprint density at radius 2 is 2.43 bits per heavy atom. The van der Waals surface area contributed by atoms with Gasteiger partial charge in [0.15, 0.2) is 0 Å². The van der Waals surface area contributed by atoms with Gasteiger partial charge in [-0.3, -0.25) is 4.99 Å². The highest BCUT2D eigenvalue weighted by atomic mass is 32.2. The third kappa shape index (κ3) is 1.23. The minimum absolute atomic E-state index is 0.933. The minimum Gasteiger partial charge on any atom is -0.338 e. The third-order valence-corrected chi connectivity index (χ3v) is 3.22. The summed E-state index contributed by atoms with van der Waals surface area (Å²) in [6.45, 7) is 0.933. The summed E-state index contributed by atoms with van der Waals surface area (Å²) in [5, 5.41) is 2.26. The summed E-state index contributed by atoms with van der Waals surface area (Å²) in [4.78, 5) is 12.0. The first-order valence-corrected chi connectivity index (χ1v) is 5.53. The summed E-state index contributed by atoms with van der Waals surface area (Å²) < 4.78 is 0. The molecule has 0 fully saturated rings. The van der Waals surface area contributed by atoms with Crippen LogP contribution in [0.3, 0.4) is 0 Å². The lowest BCUT2D eigenvalue weighted by atomic mass is 10.3. The lowest BCUT2D eigenvalue weighted by Gasteiger charge is -1.91. The fourth-order valence-electron chi connectivity index (χ4n) is 1.57. The van der Waals surface area contributed by atoms with E-state index < -0.39 is 0 Å². The molecule has 3 rings (SSSR count).